The zero-order valence-electron chi connectivity index (χ0n) is 12.7. The maximum absolute atomic E-state index is 9.13. The fourth-order valence-corrected chi connectivity index (χ4v) is 2.38. The Hall–Kier alpha value is -1.89. The van der Waals surface area contributed by atoms with E-state index < -0.39 is 0 Å². The van der Waals surface area contributed by atoms with Crippen molar-refractivity contribution in [2.75, 3.05) is 30.3 Å². The Kier molecular flexibility index (Phi) is 5.74. The minimum absolute atomic E-state index is 0.220. The third-order valence-corrected chi connectivity index (χ3v) is 3.41. The lowest BCUT2D eigenvalue weighted by molar-refractivity contribution is 0.255. The number of aromatic nitrogens is 4. The number of hydrogen-bond acceptors (Lipinski definition) is 6. The second kappa shape index (κ2) is 7.78. The normalized spacial score (nSPS) is 12.5. The van der Waals surface area contributed by atoms with Gasteiger partial charge in [0.15, 0.2) is 11.5 Å². The Morgan fingerprint density at radius 2 is 2.10 bits per heavy atom. The molecule has 0 spiro atoms. The number of anilines is 2. The van der Waals surface area contributed by atoms with Gasteiger partial charge in [0.1, 0.15) is 5.52 Å². The molecule has 0 aliphatic heterocycles. The van der Waals surface area contributed by atoms with Gasteiger partial charge in [0.25, 0.3) is 0 Å². The molecule has 1 atom stereocenters. The van der Waals surface area contributed by atoms with Crippen molar-refractivity contribution in [3.63, 3.8) is 0 Å². The van der Waals surface area contributed by atoms with Crippen molar-refractivity contribution in [2.45, 2.75) is 33.1 Å². The summed E-state index contributed by atoms with van der Waals surface area (Å²) in [5, 5.41) is 15.6. The summed E-state index contributed by atoms with van der Waals surface area (Å²) in [5.74, 6) is 1.77. The van der Waals surface area contributed by atoms with Gasteiger partial charge in [-0.15, -0.1) is 0 Å². The summed E-state index contributed by atoms with van der Waals surface area (Å²) in [6, 6.07) is 0. The van der Waals surface area contributed by atoms with Gasteiger partial charge in [0.05, 0.1) is 6.33 Å². The largest absolute Gasteiger partial charge is 0.396 e. The van der Waals surface area contributed by atoms with Crippen LogP contribution in [0.15, 0.2) is 6.33 Å². The van der Waals surface area contributed by atoms with Gasteiger partial charge in [0, 0.05) is 19.7 Å². The van der Waals surface area contributed by atoms with E-state index in [4.69, 9.17) is 5.11 Å². The van der Waals surface area contributed by atoms with Crippen LogP contribution < -0.4 is 10.6 Å². The summed E-state index contributed by atoms with van der Waals surface area (Å²) < 4.78 is 0. The smallest absolute Gasteiger partial charge is 0.226 e. The molecule has 0 fully saturated rings. The zero-order valence-corrected chi connectivity index (χ0v) is 12.7. The van der Waals surface area contributed by atoms with Crippen LogP contribution in [0.25, 0.3) is 11.2 Å². The standard InChI is InChI=1S/C14H24N6O/c1-3-5-10(6-7-21)8-16-12-11-13(18-9-17-11)20-14(19-12)15-4-2/h9-10,21H,3-8H2,1-2H3,(H3,15,16,17,18,19,20). The van der Waals surface area contributed by atoms with Gasteiger partial charge in [-0.1, -0.05) is 13.3 Å². The molecule has 0 amide bonds. The third-order valence-electron chi connectivity index (χ3n) is 3.41. The molecule has 0 aliphatic rings. The van der Waals surface area contributed by atoms with E-state index in [1.54, 1.807) is 6.33 Å². The van der Waals surface area contributed by atoms with Crippen LogP contribution in [0.4, 0.5) is 11.8 Å². The predicted molar refractivity (Wildman–Crippen MR) is 84.4 cm³/mol. The molecule has 2 heterocycles. The molecule has 0 radical (unpaired) electrons. The second-order valence-electron chi connectivity index (χ2n) is 5.08. The van der Waals surface area contributed by atoms with Crippen molar-refractivity contribution in [1.29, 1.82) is 0 Å². The third kappa shape index (κ3) is 4.04. The lowest BCUT2D eigenvalue weighted by Gasteiger charge is -2.16. The molecule has 116 valence electrons. The van der Waals surface area contributed by atoms with E-state index in [-0.39, 0.29) is 6.61 Å². The fraction of sp³-hybridized carbons (Fsp3) is 0.643. The molecule has 1 unspecified atom stereocenters. The first-order valence-corrected chi connectivity index (χ1v) is 7.58. The summed E-state index contributed by atoms with van der Waals surface area (Å²) in [6.45, 7) is 5.93. The van der Waals surface area contributed by atoms with E-state index in [9.17, 15) is 0 Å². The van der Waals surface area contributed by atoms with E-state index >= 15 is 0 Å². The fourth-order valence-electron chi connectivity index (χ4n) is 2.38. The summed E-state index contributed by atoms with van der Waals surface area (Å²) in [5.41, 5.74) is 1.47. The van der Waals surface area contributed by atoms with Crippen molar-refractivity contribution in [1.82, 2.24) is 19.9 Å². The van der Waals surface area contributed by atoms with Crippen LogP contribution in [0, 0.1) is 5.92 Å². The Labute approximate surface area is 124 Å². The first-order chi connectivity index (χ1) is 10.3. The average molecular weight is 292 g/mol. The Morgan fingerprint density at radius 1 is 1.24 bits per heavy atom. The quantitative estimate of drug-likeness (QED) is 0.564. The molecule has 21 heavy (non-hydrogen) atoms. The summed E-state index contributed by atoms with van der Waals surface area (Å²) >= 11 is 0. The van der Waals surface area contributed by atoms with Crippen LogP contribution in [0.3, 0.4) is 0 Å². The van der Waals surface area contributed by atoms with Crippen molar-refractivity contribution in [2.24, 2.45) is 5.92 Å². The molecule has 2 aromatic rings. The molecule has 2 aromatic heterocycles. The number of hydrogen-bond donors (Lipinski definition) is 4. The SMILES string of the molecule is CCCC(CCO)CNc1nc(NCC)nc2nc[nH]c12. The van der Waals surface area contributed by atoms with Crippen molar-refractivity contribution >= 4 is 22.9 Å². The van der Waals surface area contributed by atoms with Gasteiger partial charge in [-0.25, -0.2) is 4.98 Å². The molecule has 0 aliphatic carbocycles. The van der Waals surface area contributed by atoms with Crippen LogP contribution in [0.2, 0.25) is 0 Å². The lowest BCUT2D eigenvalue weighted by atomic mass is 10.0. The average Bonchev–Trinajstić information content (AvgIpc) is 2.93. The van der Waals surface area contributed by atoms with Gasteiger partial charge in [-0.2, -0.15) is 9.97 Å². The number of aliphatic hydroxyl groups is 1. The maximum Gasteiger partial charge on any atom is 0.226 e. The highest BCUT2D eigenvalue weighted by molar-refractivity contribution is 5.83. The molecule has 4 N–H and O–H groups in total. The van der Waals surface area contributed by atoms with Gasteiger partial charge in [-0.05, 0) is 25.7 Å². The van der Waals surface area contributed by atoms with Gasteiger partial charge < -0.3 is 20.7 Å². The van der Waals surface area contributed by atoms with Gasteiger partial charge in [0.2, 0.25) is 5.95 Å². The molecule has 7 nitrogen and oxygen atoms in total. The zero-order chi connectivity index (χ0) is 15.1. The van der Waals surface area contributed by atoms with Crippen molar-refractivity contribution in [3.05, 3.63) is 6.33 Å². The maximum atomic E-state index is 9.13. The van der Waals surface area contributed by atoms with Crippen LogP contribution in [-0.2, 0) is 0 Å². The number of imidazole rings is 1. The molecule has 0 bridgehead atoms. The minimum Gasteiger partial charge on any atom is -0.396 e. The Balaban J connectivity index is 2.13. The number of aromatic amines is 1. The van der Waals surface area contributed by atoms with Crippen LogP contribution in [0.5, 0.6) is 0 Å². The monoisotopic (exact) mass is 292 g/mol. The van der Waals surface area contributed by atoms with E-state index in [1.165, 1.54) is 0 Å². The number of nitrogens with zero attached hydrogens (tertiary/aromatic N) is 3. The molecule has 0 aromatic carbocycles. The van der Waals surface area contributed by atoms with Gasteiger partial charge >= 0.3 is 0 Å². The number of aliphatic hydroxyl groups excluding tert-OH is 1. The van der Waals surface area contributed by atoms with Crippen molar-refractivity contribution in [3.8, 4) is 0 Å². The number of fused-ring (bicyclic) bond motifs is 1. The first-order valence-electron chi connectivity index (χ1n) is 7.58. The summed E-state index contributed by atoms with van der Waals surface area (Å²) in [7, 11) is 0. The summed E-state index contributed by atoms with van der Waals surface area (Å²) in [6.07, 6.45) is 4.62. The molecule has 0 saturated carbocycles. The second-order valence-corrected chi connectivity index (χ2v) is 5.08. The topological polar surface area (TPSA) is 98.8 Å². The Morgan fingerprint density at radius 3 is 2.81 bits per heavy atom. The Bertz CT molecular complexity index is 549. The molecule has 7 heteroatoms. The highest BCUT2D eigenvalue weighted by Gasteiger charge is 2.12. The van der Waals surface area contributed by atoms with Gasteiger partial charge in [-0.3, -0.25) is 0 Å². The highest BCUT2D eigenvalue weighted by atomic mass is 16.3. The minimum atomic E-state index is 0.220. The lowest BCUT2D eigenvalue weighted by Crippen LogP contribution is -2.17. The van der Waals surface area contributed by atoms with Crippen LogP contribution in [0.1, 0.15) is 33.1 Å². The van der Waals surface area contributed by atoms with E-state index in [2.05, 4.69) is 37.5 Å². The van der Waals surface area contributed by atoms with E-state index in [1.807, 2.05) is 6.92 Å². The molecule has 2 rings (SSSR count). The summed E-state index contributed by atoms with van der Waals surface area (Å²) in [4.78, 5) is 16.1. The number of rotatable bonds is 9. The highest BCUT2D eigenvalue weighted by Crippen LogP contribution is 2.20. The molecule has 0 saturated heterocycles. The van der Waals surface area contributed by atoms with Crippen LogP contribution >= 0.6 is 0 Å². The molecular weight excluding hydrogens is 268 g/mol. The molecular formula is C14H24N6O. The predicted octanol–water partition coefficient (Wildman–Crippen LogP) is 2.00. The number of H-pyrrole nitrogens is 1. The van der Waals surface area contributed by atoms with Crippen molar-refractivity contribution < 1.29 is 5.11 Å². The van der Waals surface area contributed by atoms with Crippen LogP contribution in [-0.4, -0.2) is 44.7 Å². The van der Waals surface area contributed by atoms with E-state index in [0.29, 0.717) is 17.5 Å². The number of nitrogens with one attached hydrogen (secondary N) is 3. The first kappa shape index (κ1) is 15.5. The van der Waals surface area contributed by atoms with E-state index in [0.717, 1.165) is 43.7 Å².